The number of fused-ring (bicyclic) bond motifs is 1. The van der Waals surface area contributed by atoms with E-state index in [4.69, 9.17) is 4.74 Å². The van der Waals surface area contributed by atoms with Crippen LogP contribution in [0.25, 0.3) is 0 Å². The molecule has 2 aliphatic rings. The van der Waals surface area contributed by atoms with Gasteiger partial charge in [0, 0.05) is 18.2 Å². The number of halogens is 1. The molecule has 0 aromatic heterocycles. The van der Waals surface area contributed by atoms with Crippen molar-refractivity contribution in [2.75, 3.05) is 7.11 Å². The maximum atomic E-state index is 5.48. The van der Waals surface area contributed by atoms with Gasteiger partial charge >= 0.3 is 0 Å². The molecule has 94 valence electrons. The lowest BCUT2D eigenvalue weighted by molar-refractivity contribution is -0.0152. The highest BCUT2D eigenvalue weighted by molar-refractivity contribution is 9.09. The van der Waals surface area contributed by atoms with E-state index in [0.717, 1.165) is 6.42 Å². The fourth-order valence-corrected chi connectivity index (χ4v) is 3.10. The first-order valence-corrected chi connectivity index (χ1v) is 6.86. The minimum absolute atomic E-state index is 0.0184. The highest BCUT2D eigenvalue weighted by atomic mass is 79.9. The minimum atomic E-state index is -0.0640. The first kappa shape index (κ1) is 12.8. The van der Waals surface area contributed by atoms with Gasteiger partial charge in [0.25, 0.3) is 0 Å². The van der Waals surface area contributed by atoms with E-state index in [2.05, 4.69) is 54.0 Å². The van der Waals surface area contributed by atoms with Crippen LogP contribution in [0.4, 0.5) is 0 Å². The molecule has 0 saturated heterocycles. The number of allylic oxidation sites excluding steroid dienone is 4. The normalized spacial score (nSPS) is 33.2. The Morgan fingerprint density at radius 3 is 2.94 bits per heavy atom. The first-order valence-electron chi connectivity index (χ1n) is 5.94. The predicted molar refractivity (Wildman–Crippen MR) is 74.1 cm³/mol. The number of nitrogens with zero attached hydrogens (tertiary/aromatic N) is 2. The maximum absolute atomic E-state index is 5.48. The maximum Gasteiger partial charge on any atom is 0.149 e. The molecule has 17 heavy (non-hydrogen) atoms. The van der Waals surface area contributed by atoms with E-state index in [1.54, 1.807) is 7.11 Å². The van der Waals surface area contributed by atoms with E-state index in [-0.39, 0.29) is 16.5 Å². The van der Waals surface area contributed by atoms with Crippen LogP contribution in [0.1, 0.15) is 27.2 Å². The summed E-state index contributed by atoms with van der Waals surface area (Å²) in [7, 11) is 1.73. The van der Waals surface area contributed by atoms with Gasteiger partial charge in [-0.05, 0) is 26.3 Å². The number of hydrazone groups is 1. The largest absolute Gasteiger partial charge is 0.360 e. The Labute approximate surface area is 111 Å². The third-order valence-corrected chi connectivity index (χ3v) is 4.71. The van der Waals surface area contributed by atoms with Crippen LogP contribution in [0.5, 0.6) is 0 Å². The summed E-state index contributed by atoms with van der Waals surface area (Å²) in [4.78, 5) is 0.290. The molecule has 0 radical (unpaired) electrons. The van der Waals surface area contributed by atoms with Gasteiger partial charge in [-0.1, -0.05) is 34.5 Å². The van der Waals surface area contributed by atoms with Crippen LogP contribution in [0.3, 0.4) is 0 Å². The van der Waals surface area contributed by atoms with Gasteiger partial charge in [-0.25, -0.2) is 5.01 Å². The zero-order valence-electron chi connectivity index (χ0n) is 10.8. The summed E-state index contributed by atoms with van der Waals surface area (Å²) in [6.07, 6.45) is 7.38. The van der Waals surface area contributed by atoms with Crippen LogP contribution in [0, 0.1) is 5.41 Å². The summed E-state index contributed by atoms with van der Waals surface area (Å²) in [6.45, 7) is 6.43. The molecule has 1 heterocycles. The molecule has 0 fully saturated rings. The average Bonchev–Trinajstić information content (AvgIpc) is 2.61. The molecule has 4 heteroatoms. The van der Waals surface area contributed by atoms with Gasteiger partial charge in [0.05, 0.1) is 11.1 Å². The van der Waals surface area contributed by atoms with Crippen molar-refractivity contribution in [3.63, 3.8) is 0 Å². The summed E-state index contributed by atoms with van der Waals surface area (Å²) in [5.74, 6) is 0. The molecule has 3 unspecified atom stereocenters. The van der Waals surface area contributed by atoms with Crippen LogP contribution in [-0.4, -0.2) is 29.4 Å². The minimum Gasteiger partial charge on any atom is -0.360 e. The van der Waals surface area contributed by atoms with Crippen molar-refractivity contribution in [1.29, 1.82) is 0 Å². The molecular weight excluding hydrogens is 280 g/mol. The van der Waals surface area contributed by atoms with E-state index < -0.39 is 0 Å². The Morgan fingerprint density at radius 2 is 2.35 bits per heavy atom. The lowest BCUT2D eigenvalue weighted by Gasteiger charge is -2.35. The zero-order valence-corrected chi connectivity index (χ0v) is 12.4. The Morgan fingerprint density at radius 1 is 1.65 bits per heavy atom. The van der Waals surface area contributed by atoms with Gasteiger partial charge < -0.3 is 4.74 Å². The fourth-order valence-electron chi connectivity index (χ4n) is 2.33. The summed E-state index contributed by atoms with van der Waals surface area (Å²) in [5, 5.41) is 6.54. The van der Waals surface area contributed by atoms with Gasteiger partial charge in [0.2, 0.25) is 0 Å². The number of rotatable bonds is 3. The van der Waals surface area contributed by atoms with E-state index in [1.807, 2.05) is 11.2 Å². The second-order valence-corrected chi connectivity index (χ2v) is 5.80. The highest BCUT2D eigenvalue weighted by Gasteiger charge is 2.44. The van der Waals surface area contributed by atoms with Gasteiger partial charge in [0.1, 0.15) is 6.23 Å². The summed E-state index contributed by atoms with van der Waals surface area (Å²) < 4.78 is 5.48. The second-order valence-electron chi connectivity index (χ2n) is 4.81. The van der Waals surface area contributed by atoms with Gasteiger partial charge in [-0.2, -0.15) is 5.10 Å². The zero-order chi connectivity index (χ0) is 12.6. The molecule has 0 saturated carbocycles. The fraction of sp³-hybridized carbons (Fsp3) is 0.615. The molecule has 0 bridgehead atoms. The summed E-state index contributed by atoms with van der Waals surface area (Å²) in [5.41, 5.74) is 2.42. The molecule has 0 aromatic rings. The van der Waals surface area contributed by atoms with Crippen LogP contribution in [-0.2, 0) is 4.74 Å². The molecule has 1 aliphatic heterocycles. The number of hydrogen-bond acceptors (Lipinski definition) is 3. The Bertz CT molecular complexity index is 398. The van der Waals surface area contributed by atoms with Crippen molar-refractivity contribution in [2.45, 2.75) is 38.2 Å². The van der Waals surface area contributed by atoms with Crippen molar-refractivity contribution >= 4 is 22.1 Å². The standard InChI is InChI=1S/C13H19BrN2O/c1-5-12(17-4)16-11-7-9(2)6-10(14)13(11,3)8-15-16/h6-8,10,12H,5H2,1-4H3. The molecule has 2 rings (SSSR count). The molecule has 0 aromatic carbocycles. The van der Waals surface area contributed by atoms with Gasteiger partial charge in [-0.15, -0.1) is 0 Å². The second kappa shape index (κ2) is 4.58. The molecular formula is C13H19BrN2O. The Balaban J connectivity index is 2.37. The SMILES string of the molecule is CCC(OC)N1N=CC2(C)C1=CC(C)=CC2Br. The van der Waals surface area contributed by atoms with Crippen molar-refractivity contribution in [3.8, 4) is 0 Å². The smallest absolute Gasteiger partial charge is 0.149 e. The van der Waals surface area contributed by atoms with Gasteiger partial charge in [0.15, 0.2) is 0 Å². The Kier molecular flexibility index (Phi) is 3.46. The van der Waals surface area contributed by atoms with Gasteiger partial charge in [-0.3, -0.25) is 0 Å². The van der Waals surface area contributed by atoms with Crippen molar-refractivity contribution < 1.29 is 4.74 Å². The number of ether oxygens (including phenoxy) is 1. The number of hydrogen-bond donors (Lipinski definition) is 0. The Hall–Kier alpha value is -0.610. The molecule has 3 nitrogen and oxygen atoms in total. The van der Waals surface area contributed by atoms with E-state index >= 15 is 0 Å². The predicted octanol–water partition coefficient (Wildman–Crippen LogP) is 3.28. The quantitative estimate of drug-likeness (QED) is 0.747. The van der Waals surface area contributed by atoms with E-state index in [0.29, 0.717) is 0 Å². The lowest BCUT2D eigenvalue weighted by Crippen LogP contribution is -2.38. The van der Waals surface area contributed by atoms with Crippen LogP contribution < -0.4 is 0 Å². The summed E-state index contributed by atoms with van der Waals surface area (Å²) >= 11 is 3.74. The van der Waals surface area contributed by atoms with Crippen molar-refractivity contribution in [2.24, 2.45) is 10.5 Å². The topological polar surface area (TPSA) is 24.8 Å². The van der Waals surface area contributed by atoms with E-state index in [1.165, 1.54) is 11.3 Å². The first-order chi connectivity index (χ1) is 8.02. The van der Waals surface area contributed by atoms with Crippen LogP contribution >= 0.6 is 15.9 Å². The third kappa shape index (κ3) is 1.97. The molecule has 0 N–H and O–H groups in total. The van der Waals surface area contributed by atoms with Crippen molar-refractivity contribution in [3.05, 3.63) is 23.4 Å². The molecule has 1 aliphatic carbocycles. The molecule has 3 atom stereocenters. The molecule has 0 spiro atoms. The monoisotopic (exact) mass is 298 g/mol. The third-order valence-electron chi connectivity index (χ3n) is 3.49. The van der Waals surface area contributed by atoms with Crippen LogP contribution in [0.2, 0.25) is 0 Å². The van der Waals surface area contributed by atoms with E-state index in [9.17, 15) is 0 Å². The lowest BCUT2D eigenvalue weighted by atomic mass is 9.80. The number of alkyl halides is 1. The molecule has 0 amide bonds. The average molecular weight is 299 g/mol. The number of methoxy groups -OCH3 is 1. The summed E-state index contributed by atoms with van der Waals surface area (Å²) in [6, 6.07) is 0. The van der Waals surface area contributed by atoms with Crippen LogP contribution in [0.15, 0.2) is 28.5 Å². The highest BCUT2D eigenvalue weighted by Crippen LogP contribution is 2.45. The van der Waals surface area contributed by atoms with Crippen molar-refractivity contribution in [1.82, 2.24) is 5.01 Å².